The largest absolute Gasteiger partial charge is 0.289 e. The Balaban J connectivity index is 2.16. The smallest absolute Gasteiger partial charge is 0.193 e. The van der Waals surface area contributed by atoms with Gasteiger partial charge in [0.15, 0.2) is 6.29 Å². The lowest BCUT2D eigenvalue weighted by molar-refractivity contribution is -0.103. The van der Waals surface area contributed by atoms with Crippen molar-refractivity contribution in [1.29, 1.82) is 5.26 Å². The summed E-state index contributed by atoms with van der Waals surface area (Å²) < 4.78 is 0. The molecule has 2 nitrogen and oxygen atoms in total. The van der Waals surface area contributed by atoms with Gasteiger partial charge in [-0.25, -0.2) is 0 Å². The molecule has 0 spiro atoms. The second-order valence-corrected chi connectivity index (χ2v) is 3.90. The second kappa shape index (κ2) is 6.60. The fourth-order valence-corrected chi connectivity index (χ4v) is 1.52. The molecular weight excluding hydrogens is 246 g/mol. The summed E-state index contributed by atoms with van der Waals surface area (Å²) in [6, 6.07) is 16.5. The van der Waals surface area contributed by atoms with Crippen molar-refractivity contribution in [3.63, 3.8) is 0 Å². The van der Waals surface area contributed by atoms with E-state index in [-0.39, 0.29) is 0 Å². The summed E-state index contributed by atoms with van der Waals surface area (Å²) in [5.74, 6) is 11.1. The minimum Gasteiger partial charge on any atom is -0.289 e. The molecule has 0 saturated heterocycles. The molecule has 2 heteroatoms. The molecule has 0 heterocycles. The third-order valence-electron chi connectivity index (χ3n) is 2.53. The highest BCUT2D eigenvalue weighted by Crippen LogP contribution is 2.04. The molecule has 0 amide bonds. The van der Waals surface area contributed by atoms with Crippen LogP contribution in [0.25, 0.3) is 0 Å². The Bertz CT molecular complexity index is 770. The zero-order chi connectivity index (χ0) is 14.2. The van der Waals surface area contributed by atoms with Crippen molar-refractivity contribution >= 4 is 6.29 Å². The molecule has 0 N–H and O–H groups in total. The fourth-order valence-electron chi connectivity index (χ4n) is 1.52. The first kappa shape index (κ1) is 13.2. The van der Waals surface area contributed by atoms with Gasteiger partial charge >= 0.3 is 0 Å². The summed E-state index contributed by atoms with van der Waals surface area (Å²) in [5.41, 5.74) is 3.12. The van der Waals surface area contributed by atoms with E-state index in [1.165, 1.54) is 0 Å². The maximum absolute atomic E-state index is 10.1. The first-order valence-corrected chi connectivity index (χ1v) is 5.89. The number of nitriles is 1. The van der Waals surface area contributed by atoms with Gasteiger partial charge in [0.25, 0.3) is 0 Å². The average molecular weight is 255 g/mol. The number of hydrogen-bond donors (Lipinski definition) is 0. The van der Waals surface area contributed by atoms with Crippen LogP contribution in [0.4, 0.5) is 0 Å². The number of nitrogens with zero attached hydrogens (tertiary/aromatic N) is 1. The third kappa shape index (κ3) is 3.61. The Morgan fingerprint density at radius 3 is 1.50 bits per heavy atom. The Morgan fingerprint density at radius 1 is 0.700 bits per heavy atom. The van der Waals surface area contributed by atoms with Crippen molar-refractivity contribution in [3.8, 4) is 29.8 Å². The van der Waals surface area contributed by atoms with E-state index in [0.717, 1.165) is 16.7 Å². The topological polar surface area (TPSA) is 40.9 Å². The van der Waals surface area contributed by atoms with Crippen LogP contribution in [-0.4, -0.2) is 6.29 Å². The van der Waals surface area contributed by atoms with Crippen LogP contribution in [0, 0.1) is 35.0 Å². The summed E-state index contributed by atoms with van der Waals surface area (Å²) in [5, 5.41) is 8.71. The van der Waals surface area contributed by atoms with E-state index in [1.807, 2.05) is 36.4 Å². The van der Waals surface area contributed by atoms with Crippen LogP contribution in [0.3, 0.4) is 0 Å². The van der Waals surface area contributed by atoms with Gasteiger partial charge in [-0.15, -0.1) is 0 Å². The van der Waals surface area contributed by atoms with Crippen molar-refractivity contribution < 1.29 is 4.79 Å². The predicted octanol–water partition coefficient (Wildman–Crippen LogP) is 2.51. The molecule has 0 radical (unpaired) electrons. The van der Waals surface area contributed by atoms with Crippen LogP contribution in [0.2, 0.25) is 0 Å². The zero-order valence-corrected chi connectivity index (χ0v) is 10.6. The zero-order valence-electron chi connectivity index (χ0n) is 10.6. The van der Waals surface area contributed by atoms with E-state index in [0.29, 0.717) is 11.8 Å². The molecule has 2 rings (SSSR count). The van der Waals surface area contributed by atoms with Crippen molar-refractivity contribution in [3.05, 3.63) is 70.8 Å². The number of aldehydes is 1. The Hall–Kier alpha value is -3.28. The molecule has 0 bridgehead atoms. The highest BCUT2D eigenvalue weighted by Gasteiger charge is 1.91. The molecule has 0 unspecified atom stereocenters. The van der Waals surface area contributed by atoms with Gasteiger partial charge in [0.05, 0.1) is 11.6 Å². The summed E-state index contributed by atoms with van der Waals surface area (Å²) >= 11 is 0. The highest BCUT2D eigenvalue weighted by atomic mass is 16.1. The van der Waals surface area contributed by atoms with Gasteiger partial charge in [-0.2, -0.15) is 5.26 Å². The molecule has 0 aliphatic carbocycles. The van der Waals surface area contributed by atoms with Crippen LogP contribution in [0.15, 0.2) is 48.5 Å². The Kier molecular flexibility index (Phi) is 4.34. The summed E-state index contributed by atoms with van der Waals surface area (Å²) in [6.07, 6.45) is 0.568. The van der Waals surface area contributed by atoms with Gasteiger partial charge in [0.2, 0.25) is 0 Å². The van der Waals surface area contributed by atoms with Gasteiger partial charge in [0.1, 0.15) is 0 Å². The van der Waals surface area contributed by atoms with Gasteiger partial charge in [-0.1, -0.05) is 17.8 Å². The van der Waals surface area contributed by atoms with Gasteiger partial charge in [-0.3, -0.25) is 4.79 Å². The normalized spacial score (nSPS) is 8.35. The van der Waals surface area contributed by atoms with Gasteiger partial charge < -0.3 is 0 Å². The third-order valence-corrected chi connectivity index (χ3v) is 2.53. The molecule has 0 aliphatic heterocycles. The molecule has 20 heavy (non-hydrogen) atoms. The summed E-state index contributed by atoms with van der Waals surface area (Å²) in [6.45, 7) is 0. The SMILES string of the molecule is N#Cc1ccc(C#Cc2ccc(C#CC=O)cc2)cc1. The maximum Gasteiger partial charge on any atom is 0.193 e. The van der Waals surface area contributed by atoms with Crippen LogP contribution in [0.5, 0.6) is 0 Å². The van der Waals surface area contributed by atoms with Crippen LogP contribution in [-0.2, 0) is 4.79 Å². The minimum absolute atomic E-state index is 0.568. The van der Waals surface area contributed by atoms with Crippen LogP contribution in [0.1, 0.15) is 22.3 Å². The highest BCUT2D eigenvalue weighted by molar-refractivity contribution is 5.74. The van der Waals surface area contributed by atoms with Gasteiger partial charge in [0, 0.05) is 16.7 Å². The number of hydrogen-bond acceptors (Lipinski definition) is 2. The fraction of sp³-hybridized carbons (Fsp3) is 0. The van der Waals surface area contributed by atoms with E-state index >= 15 is 0 Å². The predicted molar refractivity (Wildman–Crippen MR) is 76.5 cm³/mol. The standard InChI is InChI=1S/C18H9NO/c19-14-18-11-9-17(10-12-18)8-7-16-5-3-15(4-6-16)2-1-13-20/h3-6,9-13H. The Morgan fingerprint density at radius 2 is 1.10 bits per heavy atom. The first-order chi connectivity index (χ1) is 9.81. The number of rotatable bonds is 0. The Labute approximate surface area is 117 Å². The minimum atomic E-state index is 0.568. The van der Waals surface area contributed by atoms with Gasteiger partial charge in [-0.05, 0) is 54.5 Å². The molecule has 0 aliphatic rings. The summed E-state index contributed by atoms with van der Waals surface area (Å²) in [4.78, 5) is 10.1. The number of benzene rings is 2. The lowest BCUT2D eigenvalue weighted by Crippen LogP contribution is -1.79. The molecule has 0 aromatic heterocycles. The first-order valence-electron chi connectivity index (χ1n) is 5.89. The molecule has 92 valence electrons. The van der Waals surface area contributed by atoms with E-state index in [4.69, 9.17) is 5.26 Å². The molecule has 0 atom stereocenters. The lowest BCUT2D eigenvalue weighted by Gasteiger charge is -1.92. The average Bonchev–Trinajstić information content (AvgIpc) is 2.52. The summed E-state index contributed by atoms with van der Waals surface area (Å²) in [7, 11) is 0. The maximum atomic E-state index is 10.1. The van der Waals surface area contributed by atoms with Crippen LogP contribution < -0.4 is 0 Å². The molecule has 2 aromatic carbocycles. The van der Waals surface area contributed by atoms with Crippen molar-refractivity contribution in [1.82, 2.24) is 0 Å². The molecular formula is C18H9NO. The van der Waals surface area contributed by atoms with Crippen molar-refractivity contribution in [2.75, 3.05) is 0 Å². The van der Waals surface area contributed by atoms with Crippen molar-refractivity contribution in [2.24, 2.45) is 0 Å². The van der Waals surface area contributed by atoms with Crippen molar-refractivity contribution in [2.45, 2.75) is 0 Å². The van der Waals surface area contributed by atoms with E-state index in [2.05, 4.69) is 29.8 Å². The quantitative estimate of drug-likeness (QED) is 0.536. The molecule has 0 saturated carbocycles. The second-order valence-electron chi connectivity index (χ2n) is 3.90. The van der Waals surface area contributed by atoms with E-state index < -0.39 is 0 Å². The number of carbonyl (C=O) groups is 1. The monoisotopic (exact) mass is 255 g/mol. The number of carbonyl (C=O) groups excluding carboxylic acids is 1. The van der Waals surface area contributed by atoms with E-state index in [1.54, 1.807) is 12.1 Å². The lowest BCUT2D eigenvalue weighted by atomic mass is 10.1. The molecule has 0 fully saturated rings. The van der Waals surface area contributed by atoms with Crippen LogP contribution >= 0.6 is 0 Å². The van der Waals surface area contributed by atoms with E-state index in [9.17, 15) is 4.79 Å². The molecule has 2 aromatic rings.